The third-order valence-electron chi connectivity index (χ3n) is 6.18. The molecule has 1 saturated heterocycles. The number of carbonyl (C=O) groups is 1. The van der Waals surface area contributed by atoms with Crippen LogP contribution in [0.3, 0.4) is 0 Å². The third-order valence-corrected chi connectivity index (χ3v) is 6.18. The van der Waals surface area contributed by atoms with Gasteiger partial charge >= 0.3 is 6.09 Å². The summed E-state index contributed by atoms with van der Waals surface area (Å²) in [6.07, 6.45) is 4.58. The molecule has 1 amide bonds. The Bertz CT molecular complexity index is 820. The lowest BCUT2D eigenvalue weighted by molar-refractivity contribution is 0.0139. The van der Waals surface area contributed by atoms with Crippen molar-refractivity contribution in [3.8, 4) is 0 Å². The van der Waals surface area contributed by atoms with Gasteiger partial charge in [0.05, 0.1) is 0 Å². The molecule has 1 heterocycles. The monoisotopic (exact) mass is 437 g/mol. The van der Waals surface area contributed by atoms with Gasteiger partial charge in [0.15, 0.2) is 0 Å². The predicted octanol–water partition coefficient (Wildman–Crippen LogP) is 5.10. The fourth-order valence-electron chi connectivity index (χ4n) is 4.77. The van der Waals surface area contributed by atoms with E-state index in [0.29, 0.717) is 18.5 Å². The third kappa shape index (κ3) is 7.07. The van der Waals surface area contributed by atoms with Gasteiger partial charge in [-0.15, -0.1) is 0 Å². The number of nitrogens with two attached hydrogens (primary N) is 1. The molecule has 174 valence electrons. The highest BCUT2D eigenvalue weighted by Gasteiger charge is 2.46. The smallest absolute Gasteiger partial charge is 0.410 e. The van der Waals surface area contributed by atoms with Crippen molar-refractivity contribution in [2.24, 2.45) is 11.7 Å². The SMILES string of the molecule is CC(C)(C)OC(=O)N1[C@H](CNCc2ccccc2)C[C@@H]2CCC[C@@H]21.NCc1ccccc1. The first-order valence-electron chi connectivity index (χ1n) is 11.9. The number of benzene rings is 2. The van der Waals surface area contributed by atoms with Crippen molar-refractivity contribution >= 4 is 6.09 Å². The summed E-state index contributed by atoms with van der Waals surface area (Å²) in [7, 11) is 0. The zero-order valence-electron chi connectivity index (χ0n) is 19.8. The molecular weight excluding hydrogens is 398 g/mol. The summed E-state index contributed by atoms with van der Waals surface area (Å²) in [5.41, 5.74) is 7.38. The molecule has 5 heteroatoms. The molecule has 5 nitrogen and oxygen atoms in total. The second kappa shape index (κ2) is 11.5. The maximum absolute atomic E-state index is 12.7. The van der Waals surface area contributed by atoms with Gasteiger partial charge in [-0.1, -0.05) is 67.1 Å². The van der Waals surface area contributed by atoms with Crippen LogP contribution in [0.15, 0.2) is 60.7 Å². The highest BCUT2D eigenvalue weighted by molar-refractivity contribution is 5.69. The molecule has 2 aromatic rings. The Morgan fingerprint density at radius 1 is 1.03 bits per heavy atom. The Labute approximate surface area is 193 Å². The first kappa shape index (κ1) is 24.3. The number of hydrogen-bond donors (Lipinski definition) is 2. The predicted molar refractivity (Wildman–Crippen MR) is 130 cm³/mol. The van der Waals surface area contributed by atoms with E-state index in [9.17, 15) is 4.79 Å². The number of hydrogen-bond acceptors (Lipinski definition) is 4. The molecule has 4 rings (SSSR count). The van der Waals surface area contributed by atoms with Crippen molar-refractivity contribution in [2.75, 3.05) is 6.54 Å². The van der Waals surface area contributed by atoms with Gasteiger partial charge in [0.25, 0.3) is 0 Å². The van der Waals surface area contributed by atoms with E-state index >= 15 is 0 Å². The van der Waals surface area contributed by atoms with Crippen LogP contribution in [0.4, 0.5) is 4.79 Å². The fraction of sp³-hybridized carbons (Fsp3) is 0.519. The fourth-order valence-corrected chi connectivity index (χ4v) is 4.77. The molecular formula is C27H39N3O2. The van der Waals surface area contributed by atoms with Crippen molar-refractivity contribution < 1.29 is 9.53 Å². The van der Waals surface area contributed by atoms with Crippen LogP contribution in [-0.2, 0) is 17.8 Å². The maximum atomic E-state index is 12.7. The summed E-state index contributed by atoms with van der Waals surface area (Å²) in [5, 5.41) is 3.53. The number of carbonyl (C=O) groups excluding carboxylic acids is 1. The Morgan fingerprint density at radius 3 is 2.22 bits per heavy atom. The second-order valence-electron chi connectivity index (χ2n) is 9.84. The summed E-state index contributed by atoms with van der Waals surface area (Å²) >= 11 is 0. The summed E-state index contributed by atoms with van der Waals surface area (Å²) in [6, 6.07) is 21.0. The van der Waals surface area contributed by atoms with Gasteiger partial charge in [-0.05, 0) is 57.1 Å². The molecule has 2 aromatic carbocycles. The van der Waals surface area contributed by atoms with Gasteiger partial charge in [0, 0.05) is 31.7 Å². The van der Waals surface area contributed by atoms with Crippen molar-refractivity contribution in [2.45, 2.75) is 77.2 Å². The van der Waals surface area contributed by atoms with Crippen LogP contribution in [0.5, 0.6) is 0 Å². The number of nitrogens with zero attached hydrogens (tertiary/aromatic N) is 1. The van der Waals surface area contributed by atoms with E-state index in [0.717, 1.165) is 25.9 Å². The van der Waals surface area contributed by atoms with Crippen LogP contribution in [-0.4, -0.2) is 35.2 Å². The molecule has 0 unspecified atom stereocenters. The quantitative estimate of drug-likeness (QED) is 0.683. The van der Waals surface area contributed by atoms with Crippen molar-refractivity contribution in [3.05, 3.63) is 71.8 Å². The summed E-state index contributed by atoms with van der Waals surface area (Å²) in [6.45, 7) is 8.14. The molecule has 0 aromatic heterocycles. The Morgan fingerprint density at radius 2 is 1.66 bits per heavy atom. The lowest BCUT2D eigenvalue weighted by atomic mass is 10.0. The summed E-state index contributed by atoms with van der Waals surface area (Å²) in [4.78, 5) is 14.8. The summed E-state index contributed by atoms with van der Waals surface area (Å²) < 4.78 is 5.68. The van der Waals surface area contributed by atoms with Crippen molar-refractivity contribution in [1.29, 1.82) is 0 Å². The molecule has 2 fully saturated rings. The zero-order valence-corrected chi connectivity index (χ0v) is 19.8. The minimum absolute atomic E-state index is 0.136. The van der Waals surface area contributed by atoms with Crippen LogP contribution < -0.4 is 11.1 Å². The minimum atomic E-state index is -0.435. The van der Waals surface area contributed by atoms with Crippen LogP contribution in [0, 0.1) is 5.92 Å². The Kier molecular flexibility index (Phi) is 8.71. The number of fused-ring (bicyclic) bond motifs is 1. The van der Waals surface area contributed by atoms with E-state index in [1.165, 1.54) is 24.0 Å². The average molecular weight is 438 g/mol. The average Bonchev–Trinajstić information content (AvgIpc) is 3.35. The van der Waals surface area contributed by atoms with E-state index < -0.39 is 5.60 Å². The molecule has 3 atom stereocenters. The molecule has 3 N–H and O–H groups in total. The van der Waals surface area contributed by atoms with Crippen LogP contribution in [0.1, 0.15) is 57.6 Å². The van der Waals surface area contributed by atoms with Gasteiger partial charge in [-0.3, -0.25) is 0 Å². The molecule has 1 saturated carbocycles. The molecule has 0 spiro atoms. The lowest BCUT2D eigenvalue weighted by Crippen LogP contribution is -2.47. The highest BCUT2D eigenvalue weighted by atomic mass is 16.6. The zero-order chi connectivity index (χ0) is 23.0. The first-order chi connectivity index (χ1) is 15.4. The molecule has 32 heavy (non-hydrogen) atoms. The van der Waals surface area contributed by atoms with Crippen LogP contribution >= 0.6 is 0 Å². The Hall–Kier alpha value is -2.37. The number of rotatable bonds is 5. The first-order valence-corrected chi connectivity index (χ1v) is 11.9. The normalized spacial score (nSPS) is 22.1. The topological polar surface area (TPSA) is 67.6 Å². The Balaban J connectivity index is 0.000000305. The molecule has 1 aliphatic heterocycles. The summed E-state index contributed by atoms with van der Waals surface area (Å²) in [5.74, 6) is 0.654. The van der Waals surface area contributed by atoms with Crippen LogP contribution in [0.2, 0.25) is 0 Å². The number of amides is 1. The van der Waals surface area contributed by atoms with E-state index in [4.69, 9.17) is 10.5 Å². The highest BCUT2D eigenvalue weighted by Crippen LogP contribution is 2.41. The largest absolute Gasteiger partial charge is 0.444 e. The molecule has 0 bridgehead atoms. The van der Waals surface area contributed by atoms with E-state index in [1.807, 2.05) is 62.1 Å². The van der Waals surface area contributed by atoms with Crippen molar-refractivity contribution in [3.63, 3.8) is 0 Å². The molecule has 0 radical (unpaired) electrons. The van der Waals surface area contributed by atoms with E-state index in [1.54, 1.807) is 0 Å². The number of likely N-dealkylation sites (tertiary alicyclic amines) is 1. The van der Waals surface area contributed by atoms with Crippen LogP contribution in [0.25, 0.3) is 0 Å². The van der Waals surface area contributed by atoms with Gasteiger partial charge in [-0.25, -0.2) is 4.79 Å². The van der Waals surface area contributed by atoms with Gasteiger partial charge in [0.2, 0.25) is 0 Å². The van der Waals surface area contributed by atoms with Crippen molar-refractivity contribution in [1.82, 2.24) is 10.2 Å². The maximum Gasteiger partial charge on any atom is 0.410 e. The number of nitrogens with one attached hydrogen (secondary N) is 1. The van der Waals surface area contributed by atoms with E-state index in [-0.39, 0.29) is 12.1 Å². The standard InChI is InChI=1S/C20H30N2O2.C7H9N/c1-20(2,3)24-19(23)22-17(12-16-10-7-11-18(16)22)14-21-13-15-8-5-4-6-9-15;8-6-7-4-2-1-3-5-7/h4-6,8-9,16-18,21H,7,10-14H2,1-3H3;1-5H,6,8H2/t16-,17-,18-;/m0./s1. The molecule has 2 aliphatic rings. The molecule has 1 aliphatic carbocycles. The lowest BCUT2D eigenvalue weighted by Gasteiger charge is -2.32. The minimum Gasteiger partial charge on any atom is -0.444 e. The number of ether oxygens (including phenoxy) is 1. The van der Waals surface area contributed by atoms with E-state index in [2.05, 4.69) is 29.6 Å². The van der Waals surface area contributed by atoms with Gasteiger partial charge in [0.1, 0.15) is 5.60 Å². The second-order valence-corrected chi connectivity index (χ2v) is 9.84. The van der Waals surface area contributed by atoms with Gasteiger partial charge in [-0.2, -0.15) is 0 Å². The van der Waals surface area contributed by atoms with Gasteiger partial charge < -0.3 is 20.7 Å².